The van der Waals surface area contributed by atoms with Gasteiger partial charge in [0.05, 0.1) is 0 Å². The van der Waals surface area contributed by atoms with Crippen molar-refractivity contribution in [3.63, 3.8) is 0 Å². The third-order valence-corrected chi connectivity index (χ3v) is 7.54. The average molecular weight is 413 g/mol. The highest BCUT2D eigenvalue weighted by Gasteiger charge is 2.36. The Hall–Kier alpha value is -2.03. The molecule has 2 aliphatic rings. The van der Waals surface area contributed by atoms with E-state index in [-0.39, 0.29) is 11.5 Å². The Kier molecular flexibility index (Phi) is 6.36. The van der Waals surface area contributed by atoms with Gasteiger partial charge < -0.3 is 0 Å². The van der Waals surface area contributed by atoms with Crippen molar-refractivity contribution in [3.05, 3.63) is 71.6 Å². The van der Waals surface area contributed by atoms with E-state index in [1.165, 1.54) is 31.7 Å². The molecule has 3 heteroatoms. The van der Waals surface area contributed by atoms with Crippen LogP contribution in [0, 0.1) is 42.1 Å². The molecule has 0 radical (unpaired) electrons. The van der Waals surface area contributed by atoms with Gasteiger partial charge in [0.15, 0.2) is 11.6 Å². The lowest BCUT2D eigenvalue weighted by Gasteiger charge is -2.42. The summed E-state index contributed by atoms with van der Waals surface area (Å²) in [5.74, 6) is 0.212. The Labute approximate surface area is 178 Å². The second-order valence-electron chi connectivity index (χ2n) is 9.37. The normalized spacial score (nSPS) is 26.3. The zero-order valence-electron chi connectivity index (χ0n) is 17.8. The predicted octanol–water partition coefficient (Wildman–Crippen LogP) is 8.35. The minimum Gasteiger partial charge on any atom is -0.207 e. The smallest absolute Gasteiger partial charge is 0.166 e. The molecular weight excluding hydrogens is 381 g/mol. The summed E-state index contributed by atoms with van der Waals surface area (Å²) in [4.78, 5) is 0. The molecule has 0 aliphatic heterocycles. The molecule has 4 unspecified atom stereocenters. The molecule has 0 spiro atoms. The van der Waals surface area contributed by atoms with Gasteiger partial charge in [-0.05, 0) is 98.3 Å². The molecule has 30 heavy (non-hydrogen) atoms. The van der Waals surface area contributed by atoms with Crippen LogP contribution in [0.2, 0.25) is 0 Å². The third kappa shape index (κ3) is 4.22. The fraction of sp³-hybridized carbons (Fsp3) is 0.481. The minimum absolute atomic E-state index is 0.0780. The number of hydrogen-bond acceptors (Lipinski definition) is 0. The van der Waals surface area contributed by atoms with Crippen LogP contribution < -0.4 is 0 Å². The zero-order valence-corrected chi connectivity index (χ0v) is 17.8. The summed E-state index contributed by atoms with van der Waals surface area (Å²) in [6.07, 6.45) is 11.0. The summed E-state index contributed by atoms with van der Waals surface area (Å²) < 4.78 is 43.9. The maximum atomic E-state index is 15.1. The van der Waals surface area contributed by atoms with Crippen LogP contribution in [0.15, 0.2) is 43.0 Å². The molecule has 0 bridgehead atoms. The van der Waals surface area contributed by atoms with Crippen LogP contribution in [0.5, 0.6) is 0 Å². The molecule has 2 saturated carbocycles. The quantitative estimate of drug-likeness (QED) is 0.433. The van der Waals surface area contributed by atoms with Crippen molar-refractivity contribution in [2.45, 2.75) is 64.2 Å². The summed E-state index contributed by atoms with van der Waals surface area (Å²) in [7, 11) is 0. The van der Waals surface area contributed by atoms with E-state index in [1.54, 1.807) is 31.2 Å². The molecule has 0 nitrogen and oxygen atoms in total. The van der Waals surface area contributed by atoms with Gasteiger partial charge >= 0.3 is 0 Å². The molecule has 0 N–H and O–H groups in total. The highest BCUT2D eigenvalue weighted by atomic mass is 19.2. The fourth-order valence-corrected chi connectivity index (χ4v) is 5.75. The van der Waals surface area contributed by atoms with Crippen molar-refractivity contribution in [2.75, 3.05) is 0 Å². The molecule has 2 aliphatic carbocycles. The van der Waals surface area contributed by atoms with Crippen LogP contribution in [0.3, 0.4) is 0 Å². The van der Waals surface area contributed by atoms with Gasteiger partial charge in [-0.1, -0.05) is 36.8 Å². The van der Waals surface area contributed by atoms with Gasteiger partial charge in [0, 0.05) is 5.56 Å². The molecule has 2 aromatic carbocycles. The van der Waals surface area contributed by atoms with Crippen molar-refractivity contribution in [1.29, 1.82) is 0 Å². The van der Waals surface area contributed by atoms with Crippen molar-refractivity contribution in [2.24, 2.45) is 17.8 Å². The average Bonchev–Trinajstić information content (AvgIpc) is 2.75. The van der Waals surface area contributed by atoms with Crippen LogP contribution in [-0.2, 0) is 0 Å². The summed E-state index contributed by atoms with van der Waals surface area (Å²) >= 11 is 0. The van der Waals surface area contributed by atoms with E-state index in [2.05, 4.69) is 6.58 Å². The number of halogens is 3. The molecule has 4 rings (SSSR count). The maximum Gasteiger partial charge on any atom is 0.166 e. The second-order valence-corrected chi connectivity index (χ2v) is 9.37. The van der Waals surface area contributed by atoms with E-state index in [9.17, 15) is 8.78 Å². The standard InChI is InChI=1S/C27H31F3/c1-3-4-5-18-7-9-20-15-21(11-10-19(20)14-18)23-12-13-24(27(30)26(23)29)22-8-6-17(2)25(28)16-22/h3,6,8,12-13,16,18-21H,1,4-5,7,9-11,14-15H2,2H3. The Balaban J connectivity index is 1.50. The predicted molar refractivity (Wildman–Crippen MR) is 117 cm³/mol. The first-order valence-corrected chi connectivity index (χ1v) is 11.3. The number of hydrogen-bond donors (Lipinski definition) is 0. The summed E-state index contributed by atoms with van der Waals surface area (Å²) in [5.41, 5.74) is 1.50. The monoisotopic (exact) mass is 412 g/mol. The molecule has 0 amide bonds. The van der Waals surface area contributed by atoms with Crippen LogP contribution in [-0.4, -0.2) is 0 Å². The third-order valence-electron chi connectivity index (χ3n) is 7.54. The molecule has 4 atom stereocenters. The molecule has 2 fully saturated rings. The lowest BCUT2D eigenvalue weighted by Crippen LogP contribution is -2.30. The number of allylic oxidation sites excluding steroid dienone is 1. The molecular formula is C27H31F3. The number of benzene rings is 2. The van der Waals surface area contributed by atoms with Gasteiger partial charge in [-0.15, -0.1) is 6.58 Å². The summed E-state index contributed by atoms with van der Waals surface area (Å²) in [6, 6.07) is 7.87. The van der Waals surface area contributed by atoms with Gasteiger partial charge in [0.2, 0.25) is 0 Å². The van der Waals surface area contributed by atoms with Crippen molar-refractivity contribution in [1.82, 2.24) is 0 Å². The highest BCUT2D eigenvalue weighted by molar-refractivity contribution is 5.65. The van der Waals surface area contributed by atoms with E-state index in [0.717, 1.165) is 37.5 Å². The number of fused-ring (bicyclic) bond motifs is 1. The largest absolute Gasteiger partial charge is 0.207 e. The van der Waals surface area contributed by atoms with Crippen LogP contribution in [0.4, 0.5) is 13.2 Å². The van der Waals surface area contributed by atoms with E-state index in [1.807, 2.05) is 6.08 Å². The second kappa shape index (κ2) is 8.99. The lowest BCUT2D eigenvalue weighted by molar-refractivity contribution is 0.114. The van der Waals surface area contributed by atoms with E-state index in [4.69, 9.17) is 0 Å². The molecule has 160 valence electrons. The molecule has 0 aromatic heterocycles. The number of aryl methyl sites for hydroxylation is 1. The van der Waals surface area contributed by atoms with Crippen LogP contribution in [0.1, 0.15) is 68.4 Å². The van der Waals surface area contributed by atoms with Gasteiger partial charge in [-0.25, -0.2) is 13.2 Å². The summed E-state index contributed by atoms with van der Waals surface area (Å²) in [5, 5.41) is 0. The van der Waals surface area contributed by atoms with Gasteiger partial charge in [-0.2, -0.15) is 0 Å². The first-order chi connectivity index (χ1) is 14.5. The maximum absolute atomic E-state index is 15.1. The van der Waals surface area contributed by atoms with Crippen LogP contribution in [0.25, 0.3) is 11.1 Å². The summed E-state index contributed by atoms with van der Waals surface area (Å²) in [6.45, 7) is 5.49. The SMILES string of the molecule is C=CCCC1CCC2CC(c3ccc(-c4ccc(C)c(F)c4)c(F)c3F)CCC2C1. The highest BCUT2D eigenvalue weighted by Crippen LogP contribution is 2.49. The lowest BCUT2D eigenvalue weighted by atomic mass is 9.63. The van der Waals surface area contributed by atoms with Crippen molar-refractivity contribution in [3.8, 4) is 11.1 Å². The van der Waals surface area contributed by atoms with Crippen LogP contribution >= 0.6 is 0 Å². The molecule has 2 aromatic rings. The Morgan fingerprint density at radius 3 is 2.47 bits per heavy atom. The van der Waals surface area contributed by atoms with Gasteiger partial charge in [-0.3, -0.25) is 0 Å². The van der Waals surface area contributed by atoms with Crippen molar-refractivity contribution < 1.29 is 13.2 Å². The molecule has 0 heterocycles. The van der Waals surface area contributed by atoms with E-state index < -0.39 is 17.5 Å². The van der Waals surface area contributed by atoms with Crippen molar-refractivity contribution >= 4 is 0 Å². The zero-order chi connectivity index (χ0) is 21.3. The Bertz CT molecular complexity index is 917. The Morgan fingerprint density at radius 1 is 0.933 bits per heavy atom. The minimum atomic E-state index is -0.856. The van der Waals surface area contributed by atoms with E-state index in [0.29, 0.717) is 22.6 Å². The van der Waals surface area contributed by atoms with E-state index >= 15 is 4.39 Å². The van der Waals surface area contributed by atoms with Gasteiger partial charge in [0.25, 0.3) is 0 Å². The molecule has 0 saturated heterocycles. The number of rotatable bonds is 5. The first kappa shape index (κ1) is 21.2. The van der Waals surface area contributed by atoms with Gasteiger partial charge in [0.1, 0.15) is 5.82 Å². The Morgan fingerprint density at radius 2 is 1.70 bits per heavy atom. The fourth-order valence-electron chi connectivity index (χ4n) is 5.75. The topological polar surface area (TPSA) is 0 Å². The first-order valence-electron chi connectivity index (χ1n) is 11.3.